The van der Waals surface area contributed by atoms with Crippen LogP contribution in [0.15, 0.2) is 40.4 Å². The van der Waals surface area contributed by atoms with Crippen molar-refractivity contribution in [2.45, 2.75) is 24.8 Å². The van der Waals surface area contributed by atoms with Crippen molar-refractivity contribution in [3.8, 4) is 0 Å². The molecule has 0 aromatic heterocycles. The summed E-state index contributed by atoms with van der Waals surface area (Å²) in [5, 5.41) is 11.7. The Labute approximate surface area is 101 Å². The van der Waals surface area contributed by atoms with E-state index >= 15 is 0 Å². The van der Waals surface area contributed by atoms with Crippen LogP contribution in [-0.4, -0.2) is 36.7 Å². The third-order valence-corrected chi connectivity index (χ3v) is 4.67. The van der Waals surface area contributed by atoms with Crippen LogP contribution in [0.4, 0.5) is 0 Å². The van der Waals surface area contributed by atoms with E-state index in [9.17, 15) is 8.42 Å². The van der Waals surface area contributed by atoms with E-state index in [1.54, 1.807) is 32.0 Å². The molecule has 1 atom stereocenters. The van der Waals surface area contributed by atoms with E-state index in [-0.39, 0.29) is 4.90 Å². The lowest BCUT2D eigenvalue weighted by atomic mass is 10.2. The van der Waals surface area contributed by atoms with E-state index in [4.69, 9.17) is 5.21 Å². The SMILES string of the molecule is C/C(=N\O)C(C)N(C)S(=O)(=O)c1ccccc1. The molecule has 1 unspecified atom stereocenters. The Balaban J connectivity index is 3.08. The quantitative estimate of drug-likeness (QED) is 0.505. The first-order valence-corrected chi connectivity index (χ1v) is 6.57. The first-order chi connectivity index (χ1) is 7.91. The smallest absolute Gasteiger partial charge is 0.243 e. The molecule has 0 aliphatic rings. The van der Waals surface area contributed by atoms with Gasteiger partial charge in [-0.15, -0.1) is 0 Å². The average Bonchev–Trinajstić information content (AvgIpc) is 2.37. The molecule has 17 heavy (non-hydrogen) atoms. The summed E-state index contributed by atoms with van der Waals surface area (Å²) in [4.78, 5) is 0.222. The number of hydrogen-bond donors (Lipinski definition) is 1. The van der Waals surface area contributed by atoms with Crippen molar-refractivity contribution < 1.29 is 13.6 Å². The average molecular weight is 256 g/mol. The van der Waals surface area contributed by atoms with E-state index in [0.717, 1.165) is 0 Å². The highest BCUT2D eigenvalue weighted by Gasteiger charge is 2.26. The summed E-state index contributed by atoms with van der Waals surface area (Å²) < 4.78 is 25.5. The Morgan fingerprint density at radius 2 is 1.88 bits per heavy atom. The third-order valence-electron chi connectivity index (χ3n) is 2.73. The number of nitrogens with zero attached hydrogens (tertiary/aromatic N) is 2. The first kappa shape index (κ1) is 13.7. The Kier molecular flexibility index (Phi) is 4.25. The lowest BCUT2D eigenvalue weighted by Gasteiger charge is -2.23. The number of benzene rings is 1. The monoisotopic (exact) mass is 256 g/mol. The molecule has 0 heterocycles. The number of oxime groups is 1. The van der Waals surface area contributed by atoms with Gasteiger partial charge in [-0.25, -0.2) is 8.42 Å². The molecule has 0 aliphatic carbocycles. The van der Waals surface area contributed by atoms with Crippen LogP contribution in [0, 0.1) is 0 Å². The summed E-state index contributed by atoms with van der Waals surface area (Å²) in [5.74, 6) is 0. The molecule has 0 radical (unpaired) electrons. The van der Waals surface area contributed by atoms with Gasteiger partial charge in [0, 0.05) is 7.05 Å². The second-order valence-electron chi connectivity index (χ2n) is 3.75. The van der Waals surface area contributed by atoms with E-state index in [2.05, 4.69) is 5.16 Å². The Hall–Kier alpha value is -1.40. The highest BCUT2D eigenvalue weighted by molar-refractivity contribution is 7.89. The van der Waals surface area contributed by atoms with Gasteiger partial charge in [0.15, 0.2) is 0 Å². The molecule has 0 saturated carbocycles. The Morgan fingerprint density at radius 3 is 2.35 bits per heavy atom. The van der Waals surface area contributed by atoms with E-state index < -0.39 is 16.1 Å². The van der Waals surface area contributed by atoms with Gasteiger partial charge in [-0.2, -0.15) is 4.31 Å². The minimum atomic E-state index is -3.55. The maximum absolute atomic E-state index is 12.2. The fourth-order valence-electron chi connectivity index (χ4n) is 1.31. The molecular weight excluding hydrogens is 240 g/mol. The zero-order valence-corrected chi connectivity index (χ0v) is 10.8. The van der Waals surface area contributed by atoms with E-state index in [0.29, 0.717) is 5.71 Å². The molecule has 6 heteroatoms. The van der Waals surface area contributed by atoms with Gasteiger partial charge < -0.3 is 5.21 Å². The van der Waals surface area contributed by atoms with Crippen LogP contribution in [-0.2, 0) is 10.0 Å². The predicted molar refractivity (Wildman–Crippen MR) is 65.7 cm³/mol. The zero-order valence-electron chi connectivity index (χ0n) is 10.0. The second-order valence-corrected chi connectivity index (χ2v) is 5.75. The normalized spacial score (nSPS) is 14.9. The lowest BCUT2D eigenvalue weighted by molar-refractivity contribution is 0.312. The molecule has 5 nitrogen and oxygen atoms in total. The molecule has 1 rings (SSSR count). The van der Waals surface area contributed by atoms with Gasteiger partial charge in [0.1, 0.15) is 0 Å². The molecule has 0 saturated heterocycles. The highest BCUT2D eigenvalue weighted by atomic mass is 32.2. The lowest BCUT2D eigenvalue weighted by Crippen LogP contribution is -2.39. The zero-order chi connectivity index (χ0) is 13.1. The number of hydrogen-bond acceptors (Lipinski definition) is 4. The fraction of sp³-hybridized carbons (Fsp3) is 0.364. The molecule has 94 valence electrons. The van der Waals surface area contributed by atoms with Crippen molar-refractivity contribution in [3.63, 3.8) is 0 Å². The largest absolute Gasteiger partial charge is 0.411 e. The topological polar surface area (TPSA) is 70.0 Å². The molecule has 1 aromatic carbocycles. The number of sulfonamides is 1. The maximum Gasteiger partial charge on any atom is 0.243 e. The molecule has 1 aromatic rings. The Morgan fingerprint density at radius 1 is 1.35 bits per heavy atom. The predicted octanol–water partition coefficient (Wildman–Crippen LogP) is 1.55. The van der Waals surface area contributed by atoms with Gasteiger partial charge in [0.2, 0.25) is 10.0 Å². The molecule has 0 bridgehead atoms. The van der Waals surface area contributed by atoms with Gasteiger partial charge in [0.25, 0.3) is 0 Å². The van der Waals surface area contributed by atoms with Gasteiger partial charge in [-0.1, -0.05) is 23.4 Å². The summed E-state index contributed by atoms with van der Waals surface area (Å²) in [7, 11) is -2.09. The molecular formula is C11H16N2O3S. The van der Waals surface area contributed by atoms with Crippen molar-refractivity contribution in [2.75, 3.05) is 7.05 Å². The number of rotatable bonds is 4. The van der Waals surface area contributed by atoms with Crippen molar-refractivity contribution in [2.24, 2.45) is 5.16 Å². The van der Waals surface area contributed by atoms with E-state index in [1.807, 2.05) is 0 Å². The van der Waals surface area contributed by atoms with Crippen LogP contribution in [0.3, 0.4) is 0 Å². The van der Waals surface area contributed by atoms with Crippen LogP contribution in [0.5, 0.6) is 0 Å². The Bertz CT molecular complexity index is 497. The van der Waals surface area contributed by atoms with Gasteiger partial charge in [-0.05, 0) is 26.0 Å². The van der Waals surface area contributed by atoms with Crippen LogP contribution in [0.1, 0.15) is 13.8 Å². The molecule has 0 fully saturated rings. The minimum absolute atomic E-state index is 0.222. The highest BCUT2D eigenvalue weighted by Crippen LogP contribution is 2.16. The van der Waals surface area contributed by atoms with Crippen LogP contribution in [0.25, 0.3) is 0 Å². The summed E-state index contributed by atoms with van der Waals surface area (Å²) >= 11 is 0. The van der Waals surface area contributed by atoms with Gasteiger partial charge in [0.05, 0.1) is 16.6 Å². The second kappa shape index (κ2) is 5.29. The van der Waals surface area contributed by atoms with Crippen LogP contribution in [0.2, 0.25) is 0 Å². The van der Waals surface area contributed by atoms with Crippen LogP contribution < -0.4 is 0 Å². The minimum Gasteiger partial charge on any atom is -0.411 e. The molecule has 0 aliphatic heterocycles. The molecule has 0 spiro atoms. The van der Waals surface area contributed by atoms with Crippen molar-refractivity contribution in [1.82, 2.24) is 4.31 Å². The van der Waals surface area contributed by atoms with Gasteiger partial charge >= 0.3 is 0 Å². The van der Waals surface area contributed by atoms with Crippen molar-refractivity contribution in [1.29, 1.82) is 0 Å². The molecule has 1 N–H and O–H groups in total. The first-order valence-electron chi connectivity index (χ1n) is 5.13. The van der Waals surface area contributed by atoms with Crippen LogP contribution >= 0.6 is 0 Å². The third kappa shape index (κ3) is 2.83. The standard InChI is InChI=1S/C11H16N2O3S/c1-9(12-14)10(2)13(3)17(15,16)11-7-5-4-6-8-11/h4-8,10,14H,1-3H3/b12-9+. The van der Waals surface area contributed by atoms with Crippen molar-refractivity contribution >= 4 is 15.7 Å². The van der Waals surface area contributed by atoms with Crippen molar-refractivity contribution in [3.05, 3.63) is 30.3 Å². The summed E-state index contributed by atoms with van der Waals surface area (Å²) in [6, 6.07) is 7.65. The summed E-state index contributed by atoms with van der Waals surface area (Å²) in [6.45, 7) is 3.23. The summed E-state index contributed by atoms with van der Waals surface area (Å²) in [5.41, 5.74) is 0.340. The summed E-state index contributed by atoms with van der Waals surface area (Å²) in [6.07, 6.45) is 0. The van der Waals surface area contributed by atoms with E-state index in [1.165, 1.54) is 23.5 Å². The maximum atomic E-state index is 12.2. The van der Waals surface area contributed by atoms with Gasteiger partial charge in [-0.3, -0.25) is 0 Å². The fourth-order valence-corrected chi connectivity index (χ4v) is 2.72. The molecule has 0 amide bonds.